The Balaban J connectivity index is 2.67. The lowest BCUT2D eigenvalue weighted by Crippen LogP contribution is -2.61. The molecule has 0 bridgehead atoms. The number of amides is 1. The normalized spacial score (nSPS) is 22.2. The summed E-state index contributed by atoms with van der Waals surface area (Å²) < 4.78 is 10.5. The van der Waals surface area contributed by atoms with Crippen molar-refractivity contribution in [2.45, 2.75) is 12.5 Å². The molecule has 1 aliphatic rings. The SMILES string of the molecule is CCNC1(C(N)=O)COCCOC1. The molecule has 3 N–H and O–H groups in total. The minimum Gasteiger partial charge on any atom is -0.376 e. The summed E-state index contributed by atoms with van der Waals surface area (Å²) in [6, 6.07) is 0. The van der Waals surface area contributed by atoms with E-state index in [4.69, 9.17) is 15.2 Å². The third-order valence-electron chi connectivity index (χ3n) is 2.06. The zero-order valence-corrected chi connectivity index (χ0v) is 7.84. The smallest absolute Gasteiger partial charge is 0.242 e. The van der Waals surface area contributed by atoms with Gasteiger partial charge in [0.05, 0.1) is 26.4 Å². The van der Waals surface area contributed by atoms with Gasteiger partial charge in [0.15, 0.2) is 0 Å². The molecule has 0 radical (unpaired) electrons. The van der Waals surface area contributed by atoms with E-state index in [9.17, 15) is 4.79 Å². The van der Waals surface area contributed by atoms with Crippen LogP contribution in [0, 0.1) is 0 Å². The maximum Gasteiger partial charge on any atom is 0.242 e. The van der Waals surface area contributed by atoms with Crippen molar-refractivity contribution in [3.63, 3.8) is 0 Å². The first-order valence-electron chi connectivity index (χ1n) is 4.42. The highest BCUT2D eigenvalue weighted by atomic mass is 16.5. The van der Waals surface area contributed by atoms with Gasteiger partial charge < -0.3 is 15.2 Å². The highest BCUT2D eigenvalue weighted by Crippen LogP contribution is 2.09. The van der Waals surface area contributed by atoms with E-state index in [0.717, 1.165) is 0 Å². The van der Waals surface area contributed by atoms with Crippen LogP contribution in [0.5, 0.6) is 0 Å². The first-order valence-corrected chi connectivity index (χ1v) is 4.42. The van der Waals surface area contributed by atoms with Crippen molar-refractivity contribution in [3.8, 4) is 0 Å². The molecule has 1 heterocycles. The van der Waals surface area contributed by atoms with Crippen molar-refractivity contribution in [1.29, 1.82) is 0 Å². The third-order valence-corrected chi connectivity index (χ3v) is 2.06. The maximum absolute atomic E-state index is 11.2. The standard InChI is InChI=1S/C8H16N2O3/c1-2-10-8(7(9)11)5-12-3-4-13-6-8/h10H,2-6H2,1H3,(H2,9,11). The van der Waals surface area contributed by atoms with Crippen molar-refractivity contribution in [2.24, 2.45) is 5.73 Å². The fourth-order valence-corrected chi connectivity index (χ4v) is 1.32. The number of nitrogens with one attached hydrogen (secondary N) is 1. The zero-order valence-electron chi connectivity index (χ0n) is 7.84. The number of carbonyl (C=O) groups is 1. The van der Waals surface area contributed by atoms with Crippen molar-refractivity contribution in [3.05, 3.63) is 0 Å². The lowest BCUT2D eigenvalue weighted by molar-refractivity contribution is -0.128. The van der Waals surface area contributed by atoms with Gasteiger partial charge in [-0.25, -0.2) is 0 Å². The average molecular weight is 188 g/mol. The Bertz CT molecular complexity index is 176. The molecule has 0 aliphatic carbocycles. The van der Waals surface area contributed by atoms with Crippen LogP contribution in [0.15, 0.2) is 0 Å². The predicted octanol–water partition coefficient (Wildman–Crippen LogP) is -1.13. The second kappa shape index (κ2) is 4.55. The Labute approximate surface area is 77.6 Å². The van der Waals surface area contributed by atoms with E-state index < -0.39 is 11.4 Å². The van der Waals surface area contributed by atoms with Crippen LogP contribution in [0.1, 0.15) is 6.92 Å². The Hall–Kier alpha value is -0.650. The van der Waals surface area contributed by atoms with E-state index >= 15 is 0 Å². The summed E-state index contributed by atoms with van der Waals surface area (Å²) in [4.78, 5) is 11.2. The predicted molar refractivity (Wildman–Crippen MR) is 47.2 cm³/mol. The van der Waals surface area contributed by atoms with Crippen molar-refractivity contribution < 1.29 is 14.3 Å². The topological polar surface area (TPSA) is 73.6 Å². The second-order valence-corrected chi connectivity index (χ2v) is 3.08. The quantitative estimate of drug-likeness (QED) is 0.587. The van der Waals surface area contributed by atoms with Gasteiger partial charge in [0.1, 0.15) is 5.54 Å². The first-order chi connectivity index (χ1) is 6.21. The summed E-state index contributed by atoms with van der Waals surface area (Å²) in [5, 5.41) is 3.01. The molecule has 0 unspecified atom stereocenters. The van der Waals surface area contributed by atoms with Crippen LogP contribution in [0.2, 0.25) is 0 Å². The molecule has 1 amide bonds. The number of hydrogen-bond donors (Lipinski definition) is 2. The molecule has 13 heavy (non-hydrogen) atoms. The fraction of sp³-hybridized carbons (Fsp3) is 0.875. The van der Waals surface area contributed by atoms with Gasteiger partial charge in [-0.3, -0.25) is 10.1 Å². The van der Waals surface area contributed by atoms with E-state index in [1.807, 2.05) is 6.92 Å². The van der Waals surface area contributed by atoms with Gasteiger partial charge in [-0.1, -0.05) is 6.92 Å². The summed E-state index contributed by atoms with van der Waals surface area (Å²) in [5.74, 6) is -0.420. The Morgan fingerprint density at radius 2 is 2.00 bits per heavy atom. The van der Waals surface area contributed by atoms with Crippen LogP contribution in [-0.2, 0) is 14.3 Å². The highest BCUT2D eigenvalue weighted by molar-refractivity contribution is 5.85. The number of likely N-dealkylation sites (N-methyl/N-ethyl adjacent to an activating group) is 1. The molecular formula is C8H16N2O3. The fourth-order valence-electron chi connectivity index (χ4n) is 1.32. The summed E-state index contributed by atoms with van der Waals surface area (Å²) in [6.45, 7) is 4.18. The number of ether oxygens (including phenoxy) is 2. The molecule has 0 spiro atoms. The van der Waals surface area contributed by atoms with Gasteiger partial charge >= 0.3 is 0 Å². The Morgan fingerprint density at radius 1 is 1.46 bits per heavy atom. The van der Waals surface area contributed by atoms with Crippen molar-refractivity contribution >= 4 is 5.91 Å². The Kier molecular flexibility index (Phi) is 3.65. The molecule has 0 aromatic rings. The molecule has 1 fully saturated rings. The van der Waals surface area contributed by atoms with Gasteiger partial charge in [0.25, 0.3) is 0 Å². The molecule has 0 aromatic heterocycles. The van der Waals surface area contributed by atoms with Crippen LogP contribution in [0.3, 0.4) is 0 Å². The minimum absolute atomic E-state index is 0.288. The lowest BCUT2D eigenvalue weighted by Gasteiger charge is -2.28. The molecule has 1 saturated heterocycles. The molecule has 0 saturated carbocycles. The number of primary amides is 1. The Morgan fingerprint density at radius 3 is 2.38 bits per heavy atom. The molecule has 5 nitrogen and oxygen atoms in total. The van der Waals surface area contributed by atoms with Crippen LogP contribution < -0.4 is 11.1 Å². The second-order valence-electron chi connectivity index (χ2n) is 3.08. The highest BCUT2D eigenvalue weighted by Gasteiger charge is 2.37. The maximum atomic E-state index is 11.2. The van der Waals surface area contributed by atoms with Crippen LogP contribution >= 0.6 is 0 Å². The van der Waals surface area contributed by atoms with Crippen LogP contribution in [-0.4, -0.2) is 44.4 Å². The lowest BCUT2D eigenvalue weighted by atomic mass is 10.0. The molecule has 0 atom stereocenters. The summed E-state index contributed by atoms with van der Waals surface area (Å²) in [6.07, 6.45) is 0. The molecule has 0 aromatic carbocycles. The van der Waals surface area contributed by atoms with E-state index in [2.05, 4.69) is 5.32 Å². The zero-order chi connectivity index (χ0) is 9.73. The summed E-state index contributed by atoms with van der Waals surface area (Å²) in [7, 11) is 0. The minimum atomic E-state index is -0.842. The number of nitrogens with two attached hydrogens (primary N) is 1. The molecule has 5 heteroatoms. The van der Waals surface area contributed by atoms with Crippen molar-refractivity contribution in [2.75, 3.05) is 33.0 Å². The van der Waals surface area contributed by atoms with Crippen LogP contribution in [0.4, 0.5) is 0 Å². The monoisotopic (exact) mass is 188 g/mol. The summed E-state index contributed by atoms with van der Waals surface area (Å²) >= 11 is 0. The van der Waals surface area contributed by atoms with Gasteiger partial charge in [0, 0.05) is 0 Å². The number of hydrogen-bond acceptors (Lipinski definition) is 4. The van der Waals surface area contributed by atoms with Gasteiger partial charge in [0.2, 0.25) is 5.91 Å². The van der Waals surface area contributed by atoms with E-state index in [0.29, 0.717) is 19.8 Å². The van der Waals surface area contributed by atoms with E-state index in [-0.39, 0.29) is 13.2 Å². The average Bonchev–Trinajstić information content (AvgIpc) is 2.31. The first kappa shape index (κ1) is 10.4. The largest absolute Gasteiger partial charge is 0.376 e. The number of rotatable bonds is 3. The van der Waals surface area contributed by atoms with Crippen LogP contribution in [0.25, 0.3) is 0 Å². The molecule has 1 aliphatic heterocycles. The third kappa shape index (κ3) is 2.40. The van der Waals surface area contributed by atoms with Gasteiger partial charge in [-0.2, -0.15) is 0 Å². The van der Waals surface area contributed by atoms with Gasteiger partial charge in [-0.15, -0.1) is 0 Å². The number of carbonyl (C=O) groups excluding carboxylic acids is 1. The summed E-state index contributed by atoms with van der Waals surface area (Å²) in [5.41, 5.74) is 4.45. The molecule has 76 valence electrons. The molecular weight excluding hydrogens is 172 g/mol. The van der Waals surface area contributed by atoms with Crippen molar-refractivity contribution in [1.82, 2.24) is 5.32 Å². The van der Waals surface area contributed by atoms with E-state index in [1.165, 1.54) is 0 Å². The van der Waals surface area contributed by atoms with Gasteiger partial charge in [-0.05, 0) is 6.54 Å². The molecule has 1 rings (SSSR count). The van der Waals surface area contributed by atoms with E-state index in [1.54, 1.807) is 0 Å².